The number of hydrogen-bond donors (Lipinski definition) is 1. The standard InChI is InChI=1S/C12H16N2O/c1-2-3-9-14-11-4-6-12(7-5-11)15-10-8-13/h4-7,14H,2-3,9-10H2,1H3. The highest BCUT2D eigenvalue weighted by Gasteiger charge is 1.94. The minimum absolute atomic E-state index is 0.0998. The van der Waals surface area contributed by atoms with Crippen LogP contribution in [0.5, 0.6) is 5.75 Å². The summed E-state index contributed by atoms with van der Waals surface area (Å²) in [6.45, 7) is 3.26. The molecule has 0 aliphatic rings. The second kappa shape index (κ2) is 6.72. The second-order valence-electron chi connectivity index (χ2n) is 3.25. The maximum Gasteiger partial charge on any atom is 0.174 e. The van der Waals surface area contributed by atoms with Crippen LogP contribution >= 0.6 is 0 Å². The van der Waals surface area contributed by atoms with Crippen LogP contribution in [0.1, 0.15) is 19.8 Å². The number of anilines is 1. The molecule has 0 saturated heterocycles. The van der Waals surface area contributed by atoms with E-state index in [0.29, 0.717) is 0 Å². The lowest BCUT2D eigenvalue weighted by atomic mass is 10.3. The molecule has 0 unspecified atom stereocenters. The van der Waals surface area contributed by atoms with E-state index in [2.05, 4.69) is 12.2 Å². The lowest BCUT2D eigenvalue weighted by Gasteiger charge is -2.06. The van der Waals surface area contributed by atoms with Gasteiger partial charge in [-0.3, -0.25) is 0 Å². The van der Waals surface area contributed by atoms with Crippen LogP contribution in [0, 0.1) is 11.3 Å². The Labute approximate surface area is 90.7 Å². The molecule has 0 aromatic heterocycles. The Morgan fingerprint density at radius 3 is 2.67 bits per heavy atom. The van der Waals surface area contributed by atoms with E-state index in [-0.39, 0.29) is 6.61 Å². The largest absolute Gasteiger partial charge is 0.479 e. The topological polar surface area (TPSA) is 45.0 Å². The molecule has 15 heavy (non-hydrogen) atoms. The Kier molecular flexibility index (Phi) is 5.10. The van der Waals surface area contributed by atoms with Crippen molar-refractivity contribution in [2.45, 2.75) is 19.8 Å². The Morgan fingerprint density at radius 1 is 1.33 bits per heavy atom. The molecular weight excluding hydrogens is 188 g/mol. The van der Waals surface area contributed by atoms with Crippen LogP contribution in [0.15, 0.2) is 24.3 Å². The summed E-state index contributed by atoms with van der Waals surface area (Å²) in [6.07, 6.45) is 2.36. The van der Waals surface area contributed by atoms with Gasteiger partial charge < -0.3 is 10.1 Å². The maximum atomic E-state index is 8.34. The van der Waals surface area contributed by atoms with Gasteiger partial charge in [0.2, 0.25) is 0 Å². The van der Waals surface area contributed by atoms with Gasteiger partial charge in [0.1, 0.15) is 11.8 Å². The summed E-state index contributed by atoms with van der Waals surface area (Å²) in [6, 6.07) is 9.59. The van der Waals surface area contributed by atoms with Crippen molar-refractivity contribution < 1.29 is 4.74 Å². The van der Waals surface area contributed by atoms with E-state index < -0.39 is 0 Å². The van der Waals surface area contributed by atoms with Crippen LogP contribution in [0.2, 0.25) is 0 Å². The van der Waals surface area contributed by atoms with Gasteiger partial charge in [-0.15, -0.1) is 0 Å². The van der Waals surface area contributed by atoms with E-state index in [1.165, 1.54) is 12.8 Å². The third-order valence-electron chi connectivity index (χ3n) is 2.02. The molecule has 80 valence electrons. The highest BCUT2D eigenvalue weighted by atomic mass is 16.5. The summed E-state index contributed by atoms with van der Waals surface area (Å²) in [5, 5.41) is 11.6. The Bertz CT molecular complexity index is 313. The monoisotopic (exact) mass is 204 g/mol. The number of nitriles is 1. The number of hydrogen-bond acceptors (Lipinski definition) is 3. The predicted octanol–water partition coefficient (Wildman–Crippen LogP) is 2.80. The van der Waals surface area contributed by atoms with Crippen LogP contribution in [-0.2, 0) is 0 Å². The van der Waals surface area contributed by atoms with Gasteiger partial charge in [0.25, 0.3) is 0 Å². The first kappa shape index (κ1) is 11.4. The fourth-order valence-corrected chi connectivity index (χ4v) is 1.19. The van der Waals surface area contributed by atoms with Crippen molar-refractivity contribution in [1.29, 1.82) is 5.26 Å². The van der Waals surface area contributed by atoms with Crippen LogP contribution in [0.25, 0.3) is 0 Å². The van der Waals surface area contributed by atoms with E-state index in [0.717, 1.165) is 18.0 Å². The zero-order chi connectivity index (χ0) is 10.9. The van der Waals surface area contributed by atoms with Gasteiger partial charge in [-0.25, -0.2) is 0 Å². The molecule has 0 amide bonds. The van der Waals surface area contributed by atoms with Crippen molar-refractivity contribution in [3.05, 3.63) is 24.3 Å². The first-order chi connectivity index (χ1) is 7.36. The Hall–Kier alpha value is -1.69. The van der Waals surface area contributed by atoms with Crippen molar-refractivity contribution >= 4 is 5.69 Å². The number of rotatable bonds is 6. The number of benzene rings is 1. The lowest BCUT2D eigenvalue weighted by Crippen LogP contribution is -2.00. The van der Waals surface area contributed by atoms with Gasteiger partial charge in [0, 0.05) is 12.2 Å². The van der Waals surface area contributed by atoms with Crippen molar-refractivity contribution in [3.8, 4) is 11.8 Å². The zero-order valence-electron chi connectivity index (χ0n) is 8.99. The molecule has 0 aliphatic heterocycles. The highest BCUT2D eigenvalue weighted by Crippen LogP contribution is 2.15. The third-order valence-corrected chi connectivity index (χ3v) is 2.02. The van der Waals surface area contributed by atoms with Crippen LogP contribution in [0.4, 0.5) is 5.69 Å². The van der Waals surface area contributed by atoms with Crippen molar-refractivity contribution in [1.82, 2.24) is 0 Å². The lowest BCUT2D eigenvalue weighted by molar-refractivity contribution is 0.368. The number of nitrogens with one attached hydrogen (secondary N) is 1. The summed E-state index contributed by atoms with van der Waals surface area (Å²) in [4.78, 5) is 0. The molecule has 3 heteroatoms. The summed E-state index contributed by atoms with van der Waals surface area (Å²) in [5.41, 5.74) is 1.09. The second-order valence-corrected chi connectivity index (χ2v) is 3.25. The van der Waals surface area contributed by atoms with Gasteiger partial charge in [-0.2, -0.15) is 5.26 Å². The average Bonchev–Trinajstić information content (AvgIpc) is 2.28. The summed E-state index contributed by atoms with van der Waals surface area (Å²) in [7, 11) is 0. The number of ether oxygens (including phenoxy) is 1. The molecule has 1 aromatic carbocycles. The summed E-state index contributed by atoms with van der Waals surface area (Å²) in [5.74, 6) is 0.734. The maximum absolute atomic E-state index is 8.34. The van der Waals surface area contributed by atoms with E-state index in [1.54, 1.807) is 0 Å². The summed E-state index contributed by atoms with van der Waals surface area (Å²) >= 11 is 0. The van der Waals surface area contributed by atoms with E-state index in [9.17, 15) is 0 Å². The van der Waals surface area contributed by atoms with Crippen molar-refractivity contribution in [3.63, 3.8) is 0 Å². The predicted molar refractivity (Wildman–Crippen MR) is 60.9 cm³/mol. The fraction of sp³-hybridized carbons (Fsp3) is 0.417. The Morgan fingerprint density at radius 2 is 2.07 bits per heavy atom. The minimum atomic E-state index is 0.0998. The van der Waals surface area contributed by atoms with Crippen LogP contribution in [-0.4, -0.2) is 13.2 Å². The number of unbranched alkanes of at least 4 members (excludes halogenated alkanes) is 1. The van der Waals surface area contributed by atoms with Gasteiger partial charge in [0.15, 0.2) is 6.61 Å². The third kappa shape index (κ3) is 4.37. The average molecular weight is 204 g/mol. The normalized spacial score (nSPS) is 9.33. The molecule has 0 spiro atoms. The SMILES string of the molecule is CCCCNc1ccc(OCC#N)cc1. The smallest absolute Gasteiger partial charge is 0.174 e. The number of nitrogens with zero attached hydrogens (tertiary/aromatic N) is 1. The first-order valence-corrected chi connectivity index (χ1v) is 5.20. The van der Waals surface area contributed by atoms with E-state index in [1.807, 2.05) is 30.3 Å². The van der Waals surface area contributed by atoms with Crippen molar-refractivity contribution in [2.24, 2.45) is 0 Å². The van der Waals surface area contributed by atoms with Gasteiger partial charge in [-0.05, 0) is 30.7 Å². The van der Waals surface area contributed by atoms with Gasteiger partial charge >= 0.3 is 0 Å². The van der Waals surface area contributed by atoms with E-state index in [4.69, 9.17) is 10.00 Å². The molecule has 0 radical (unpaired) electrons. The molecule has 1 aromatic rings. The molecule has 0 saturated carbocycles. The molecule has 0 aliphatic carbocycles. The summed E-state index contributed by atoms with van der Waals surface area (Å²) < 4.78 is 5.15. The quantitative estimate of drug-likeness (QED) is 0.725. The molecule has 0 fully saturated rings. The molecule has 0 bridgehead atoms. The highest BCUT2D eigenvalue weighted by molar-refractivity contribution is 5.46. The molecular formula is C12H16N2O. The van der Waals surface area contributed by atoms with Crippen LogP contribution in [0.3, 0.4) is 0 Å². The zero-order valence-corrected chi connectivity index (χ0v) is 8.99. The minimum Gasteiger partial charge on any atom is -0.479 e. The molecule has 0 heterocycles. The van der Waals surface area contributed by atoms with Crippen LogP contribution < -0.4 is 10.1 Å². The molecule has 0 atom stereocenters. The first-order valence-electron chi connectivity index (χ1n) is 5.20. The van der Waals surface area contributed by atoms with Gasteiger partial charge in [0.05, 0.1) is 0 Å². The van der Waals surface area contributed by atoms with E-state index >= 15 is 0 Å². The van der Waals surface area contributed by atoms with Crippen molar-refractivity contribution in [2.75, 3.05) is 18.5 Å². The molecule has 1 N–H and O–H groups in total. The Balaban J connectivity index is 2.39. The fourth-order valence-electron chi connectivity index (χ4n) is 1.19. The molecule has 1 rings (SSSR count). The molecule has 3 nitrogen and oxygen atoms in total. The van der Waals surface area contributed by atoms with Gasteiger partial charge in [-0.1, -0.05) is 13.3 Å².